The minimum atomic E-state index is -0.349. The zero-order valence-corrected chi connectivity index (χ0v) is 10.6. The van der Waals surface area contributed by atoms with E-state index < -0.39 is 0 Å². The lowest BCUT2D eigenvalue weighted by atomic mass is 10.3. The molecule has 5 heteroatoms. The summed E-state index contributed by atoms with van der Waals surface area (Å²) in [5.41, 5.74) is 0.804. The number of benzene rings is 1. The van der Waals surface area contributed by atoms with Crippen molar-refractivity contribution in [1.82, 2.24) is 4.90 Å². The molecule has 1 aliphatic heterocycles. The molecule has 0 bridgehead atoms. The van der Waals surface area contributed by atoms with E-state index in [2.05, 4.69) is 5.32 Å². The molecule has 0 aliphatic carbocycles. The van der Waals surface area contributed by atoms with Crippen molar-refractivity contribution in [1.29, 1.82) is 0 Å². The minimum Gasteiger partial charge on any atom is -0.351 e. The van der Waals surface area contributed by atoms with Gasteiger partial charge in [-0.2, -0.15) is 0 Å². The van der Waals surface area contributed by atoms with E-state index in [9.17, 15) is 14.0 Å². The van der Waals surface area contributed by atoms with Gasteiger partial charge in [-0.15, -0.1) is 0 Å². The number of rotatable bonds is 5. The first-order chi connectivity index (χ1) is 9.11. The van der Waals surface area contributed by atoms with Gasteiger partial charge in [0, 0.05) is 18.3 Å². The molecule has 100 valence electrons. The van der Waals surface area contributed by atoms with Crippen molar-refractivity contribution in [3.63, 3.8) is 0 Å². The van der Waals surface area contributed by atoms with Crippen LogP contribution in [0.3, 0.4) is 0 Å². The number of anilines is 1. The standard InChI is InChI=1S/C14H15FN2O2/c1-2-3-8-17-13(18)9-12(14(17)19)16-11-6-4-10(15)5-7-11/h4-7,9,16H,2-3,8H2,1H3. The highest BCUT2D eigenvalue weighted by Gasteiger charge is 2.30. The molecule has 4 nitrogen and oxygen atoms in total. The van der Waals surface area contributed by atoms with E-state index in [1.165, 1.54) is 35.2 Å². The third-order valence-electron chi connectivity index (χ3n) is 2.87. The van der Waals surface area contributed by atoms with E-state index >= 15 is 0 Å². The van der Waals surface area contributed by atoms with Crippen LogP contribution in [0.15, 0.2) is 36.0 Å². The topological polar surface area (TPSA) is 49.4 Å². The Balaban J connectivity index is 2.05. The van der Waals surface area contributed by atoms with Gasteiger partial charge in [0.25, 0.3) is 11.8 Å². The zero-order chi connectivity index (χ0) is 13.8. The highest BCUT2D eigenvalue weighted by Crippen LogP contribution is 2.17. The third-order valence-corrected chi connectivity index (χ3v) is 2.87. The fourth-order valence-electron chi connectivity index (χ4n) is 1.81. The van der Waals surface area contributed by atoms with Crippen molar-refractivity contribution < 1.29 is 14.0 Å². The summed E-state index contributed by atoms with van der Waals surface area (Å²) in [5, 5.41) is 2.84. The number of imide groups is 1. The molecular formula is C14H15FN2O2. The summed E-state index contributed by atoms with van der Waals surface area (Å²) in [6, 6.07) is 5.61. The van der Waals surface area contributed by atoms with Crippen molar-refractivity contribution in [2.45, 2.75) is 19.8 Å². The summed E-state index contributed by atoms with van der Waals surface area (Å²) in [4.78, 5) is 24.9. The fourth-order valence-corrected chi connectivity index (χ4v) is 1.81. The van der Waals surface area contributed by atoms with Gasteiger partial charge in [0.05, 0.1) is 0 Å². The smallest absolute Gasteiger partial charge is 0.277 e. The second-order valence-electron chi connectivity index (χ2n) is 4.34. The van der Waals surface area contributed by atoms with Gasteiger partial charge >= 0.3 is 0 Å². The summed E-state index contributed by atoms with van der Waals surface area (Å²) in [6.45, 7) is 2.43. The lowest BCUT2D eigenvalue weighted by Crippen LogP contribution is -2.32. The summed E-state index contributed by atoms with van der Waals surface area (Å²) < 4.78 is 12.8. The van der Waals surface area contributed by atoms with Gasteiger partial charge in [-0.1, -0.05) is 13.3 Å². The van der Waals surface area contributed by atoms with Gasteiger partial charge in [-0.25, -0.2) is 4.39 Å². The lowest BCUT2D eigenvalue weighted by Gasteiger charge is -2.14. The number of hydrogen-bond acceptors (Lipinski definition) is 3. The molecule has 1 aromatic rings. The first kappa shape index (κ1) is 13.3. The highest BCUT2D eigenvalue weighted by atomic mass is 19.1. The molecule has 0 unspecified atom stereocenters. The van der Waals surface area contributed by atoms with Crippen LogP contribution >= 0.6 is 0 Å². The summed E-state index contributed by atoms with van der Waals surface area (Å²) >= 11 is 0. The maximum absolute atomic E-state index is 12.8. The Morgan fingerprint density at radius 2 is 1.89 bits per heavy atom. The summed E-state index contributed by atoms with van der Waals surface area (Å²) in [5.74, 6) is -0.983. The van der Waals surface area contributed by atoms with Crippen molar-refractivity contribution in [2.75, 3.05) is 11.9 Å². The maximum atomic E-state index is 12.8. The average Bonchev–Trinajstić information content (AvgIpc) is 2.65. The van der Waals surface area contributed by atoms with Gasteiger partial charge in [0.15, 0.2) is 0 Å². The largest absolute Gasteiger partial charge is 0.351 e. The maximum Gasteiger partial charge on any atom is 0.277 e. The molecule has 0 fully saturated rings. The Bertz CT molecular complexity index is 523. The summed E-state index contributed by atoms with van der Waals surface area (Å²) in [6.07, 6.45) is 2.98. The molecule has 0 saturated carbocycles. The van der Waals surface area contributed by atoms with Gasteiger partial charge in [-0.05, 0) is 30.7 Å². The second-order valence-corrected chi connectivity index (χ2v) is 4.34. The van der Waals surface area contributed by atoms with Crippen molar-refractivity contribution in [2.24, 2.45) is 0 Å². The number of halogens is 1. The van der Waals surface area contributed by atoms with E-state index in [1.54, 1.807) is 0 Å². The van der Waals surface area contributed by atoms with Crippen molar-refractivity contribution >= 4 is 17.5 Å². The number of hydrogen-bond donors (Lipinski definition) is 1. The Morgan fingerprint density at radius 1 is 1.21 bits per heavy atom. The summed E-state index contributed by atoms with van der Waals surface area (Å²) in [7, 11) is 0. The highest BCUT2D eigenvalue weighted by molar-refractivity contribution is 6.17. The van der Waals surface area contributed by atoms with Crippen LogP contribution in [0.4, 0.5) is 10.1 Å². The second kappa shape index (κ2) is 5.65. The number of carbonyl (C=O) groups is 2. The molecule has 1 heterocycles. The number of nitrogens with one attached hydrogen (secondary N) is 1. The van der Waals surface area contributed by atoms with E-state index in [0.29, 0.717) is 12.2 Å². The van der Waals surface area contributed by atoms with Crippen molar-refractivity contribution in [3.8, 4) is 0 Å². The Hall–Kier alpha value is -2.17. The van der Waals surface area contributed by atoms with Crippen LogP contribution in [0.2, 0.25) is 0 Å². The monoisotopic (exact) mass is 262 g/mol. The number of unbranched alkanes of at least 4 members (excludes halogenated alkanes) is 1. The quantitative estimate of drug-likeness (QED) is 0.828. The van der Waals surface area contributed by atoms with Crippen LogP contribution in [0.5, 0.6) is 0 Å². The minimum absolute atomic E-state index is 0.229. The average molecular weight is 262 g/mol. The van der Waals surface area contributed by atoms with Crippen LogP contribution in [0.25, 0.3) is 0 Å². The molecule has 2 amide bonds. The predicted octanol–water partition coefficient (Wildman–Crippen LogP) is 2.29. The molecule has 1 aliphatic rings. The first-order valence-electron chi connectivity index (χ1n) is 6.22. The van der Waals surface area contributed by atoms with E-state index in [1.807, 2.05) is 6.92 Å². The Labute approximate surface area is 110 Å². The van der Waals surface area contributed by atoms with E-state index in [0.717, 1.165) is 12.8 Å². The molecule has 1 N–H and O–H groups in total. The van der Waals surface area contributed by atoms with Crippen LogP contribution in [0.1, 0.15) is 19.8 Å². The lowest BCUT2D eigenvalue weighted by molar-refractivity contribution is -0.137. The Morgan fingerprint density at radius 3 is 2.53 bits per heavy atom. The molecule has 2 rings (SSSR count). The SMILES string of the molecule is CCCCN1C(=O)C=C(Nc2ccc(F)cc2)C1=O. The van der Waals surface area contributed by atoms with Crippen LogP contribution in [-0.4, -0.2) is 23.3 Å². The molecular weight excluding hydrogens is 247 g/mol. The molecule has 1 aromatic carbocycles. The van der Waals surface area contributed by atoms with Gasteiger partial charge in [-0.3, -0.25) is 14.5 Å². The first-order valence-corrected chi connectivity index (χ1v) is 6.22. The van der Waals surface area contributed by atoms with Crippen LogP contribution in [-0.2, 0) is 9.59 Å². The molecule has 0 aromatic heterocycles. The number of nitrogens with zero attached hydrogens (tertiary/aromatic N) is 1. The third kappa shape index (κ3) is 2.99. The number of carbonyl (C=O) groups excluding carboxylic acids is 2. The van der Waals surface area contributed by atoms with Gasteiger partial charge in [0.1, 0.15) is 11.5 Å². The van der Waals surface area contributed by atoms with Crippen LogP contribution in [0, 0.1) is 5.82 Å². The van der Waals surface area contributed by atoms with Crippen molar-refractivity contribution in [3.05, 3.63) is 41.9 Å². The molecule has 0 spiro atoms. The Kier molecular flexibility index (Phi) is 3.94. The fraction of sp³-hybridized carbons (Fsp3) is 0.286. The molecule has 0 atom stereocenters. The van der Waals surface area contributed by atoms with Crippen LogP contribution < -0.4 is 5.32 Å². The van der Waals surface area contributed by atoms with Gasteiger partial charge in [0.2, 0.25) is 0 Å². The molecule has 19 heavy (non-hydrogen) atoms. The molecule has 0 saturated heterocycles. The number of amides is 2. The van der Waals surface area contributed by atoms with E-state index in [4.69, 9.17) is 0 Å². The molecule has 0 radical (unpaired) electrons. The normalized spacial score (nSPS) is 14.8. The van der Waals surface area contributed by atoms with E-state index in [-0.39, 0.29) is 23.3 Å². The van der Waals surface area contributed by atoms with Gasteiger partial charge < -0.3 is 5.32 Å². The zero-order valence-electron chi connectivity index (χ0n) is 10.6. The predicted molar refractivity (Wildman–Crippen MR) is 69.7 cm³/mol.